The molecule has 0 amide bonds. The van der Waals surface area contributed by atoms with Crippen LogP contribution < -0.4 is 0 Å². The van der Waals surface area contributed by atoms with Crippen LogP contribution in [0.5, 0.6) is 0 Å². The third-order valence-electron chi connectivity index (χ3n) is 9.19. The molecule has 0 unspecified atom stereocenters. The highest BCUT2D eigenvalue weighted by Gasteiger charge is 2.62. The zero-order chi connectivity index (χ0) is 33.9. The van der Waals surface area contributed by atoms with Gasteiger partial charge in [0.1, 0.15) is 5.60 Å². The van der Waals surface area contributed by atoms with Crippen molar-refractivity contribution >= 4 is 10.1 Å². The lowest BCUT2D eigenvalue weighted by Crippen LogP contribution is -2.69. The van der Waals surface area contributed by atoms with Crippen molar-refractivity contribution in [3.05, 3.63) is 144 Å². The van der Waals surface area contributed by atoms with E-state index in [9.17, 15) is 13.5 Å². The second-order valence-corrected chi connectivity index (χ2v) is 14.4. The molecule has 256 valence electrons. The maximum absolute atomic E-state index is 12.5. The molecule has 48 heavy (non-hydrogen) atoms. The normalized spacial score (nSPS) is 24.4. The molecule has 9 heteroatoms. The van der Waals surface area contributed by atoms with Gasteiger partial charge in [-0.05, 0) is 22.3 Å². The monoisotopic (exact) mass is 674 g/mol. The first-order valence-corrected chi connectivity index (χ1v) is 18.1. The van der Waals surface area contributed by atoms with Crippen LogP contribution >= 0.6 is 0 Å². The van der Waals surface area contributed by atoms with Crippen LogP contribution in [-0.4, -0.2) is 57.4 Å². The minimum absolute atomic E-state index is 0.115. The van der Waals surface area contributed by atoms with Gasteiger partial charge in [-0.1, -0.05) is 128 Å². The molecule has 0 aliphatic heterocycles. The highest BCUT2D eigenvalue weighted by molar-refractivity contribution is 7.85. The van der Waals surface area contributed by atoms with Crippen LogP contribution in [0.1, 0.15) is 35.6 Å². The molecule has 0 spiro atoms. The number of ether oxygens (including phenoxy) is 4. The molecule has 4 aromatic rings. The average Bonchev–Trinajstić information content (AvgIpc) is 3.10. The van der Waals surface area contributed by atoms with Crippen LogP contribution in [-0.2, 0) is 59.7 Å². The molecular weight excluding hydrogens is 628 g/mol. The van der Waals surface area contributed by atoms with Gasteiger partial charge in [-0.25, -0.2) is 0 Å². The third-order valence-corrected chi connectivity index (χ3v) is 9.73. The quantitative estimate of drug-likeness (QED) is 0.130. The van der Waals surface area contributed by atoms with Gasteiger partial charge in [0.25, 0.3) is 10.1 Å². The smallest absolute Gasteiger partial charge is 0.264 e. The summed E-state index contributed by atoms with van der Waals surface area (Å²) in [5, 5.41) is 12.1. The van der Waals surface area contributed by atoms with E-state index < -0.39 is 45.9 Å². The van der Waals surface area contributed by atoms with Crippen molar-refractivity contribution < 1.29 is 36.7 Å². The molecule has 0 aromatic heterocycles. The van der Waals surface area contributed by atoms with E-state index in [0.29, 0.717) is 19.8 Å². The molecule has 0 heterocycles. The fraction of sp³-hybridized carbons (Fsp3) is 0.385. The zero-order valence-corrected chi connectivity index (χ0v) is 28.5. The van der Waals surface area contributed by atoms with Crippen LogP contribution in [0.4, 0.5) is 0 Å². The van der Waals surface area contributed by atoms with E-state index in [1.807, 2.05) is 121 Å². The summed E-state index contributed by atoms with van der Waals surface area (Å²) < 4.78 is 56.7. The Balaban J connectivity index is 1.53. The summed E-state index contributed by atoms with van der Waals surface area (Å²) in [6.45, 7) is 3.10. The van der Waals surface area contributed by atoms with E-state index in [2.05, 4.69) is 6.92 Å². The van der Waals surface area contributed by atoms with Crippen molar-refractivity contribution in [1.29, 1.82) is 0 Å². The van der Waals surface area contributed by atoms with Gasteiger partial charge in [0.2, 0.25) is 0 Å². The van der Waals surface area contributed by atoms with Gasteiger partial charge in [0.15, 0.2) is 0 Å². The topological polar surface area (TPSA) is 101 Å². The number of hydrogen-bond acceptors (Lipinski definition) is 8. The van der Waals surface area contributed by atoms with Gasteiger partial charge in [-0.3, -0.25) is 4.18 Å². The fourth-order valence-corrected chi connectivity index (χ4v) is 6.90. The number of aliphatic hydroxyl groups is 1. The van der Waals surface area contributed by atoms with Gasteiger partial charge in [-0.2, -0.15) is 8.42 Å². The molecule has 1 aliphatic rings. The SMILES string of the molecule is C[C@@]1(COCc2ccccc2)[C@@H](OCc2ccccc2)C[C@@H](O)[C@](COS(C)(=O)=O)(OCc2ccccc2)[C@@H]1COCc1ccccc1. The Morgan fingerprint density at radius 2 is 1.12 bits per heavy atom. The summed E-state index contributed by atoms with van der Waals surface area (Å²) >= 11 is 0. The van der Waals surface area contributed by atoms with Gasteiger partial charge in [0.05, 0.1) is 64.7 Å². The largest absolute Gasteiger partial charge is 0.390 e. The molecule has 1 N–H and O–H groups in total. The van der Waals surface area contributed by atoms with Crippen LogP contribution in [0.2, 0.25) is 0 Å². The van der Waals surface area contributed by atoms with Crippen molar-refractivity contribution in [3.8, 4) is 0 Å². The highest BCUT2D eigenvalue weighted by atomic mass is 32.2. The van der Waals surface area contributed by atoms with Crippen molar-refractivity contribution in [2.24, 2.45) is 11.3 Å². The van der Waals surface area contributed by atoms with E-state index in [4.69, 9.17) is 23.1 Å². The molecule has 8 nitrogen and oxygen atoms in total. The second kappa shape index (κ2) is 16.8. The zero-order valence-electron chi connectivity index (χ0n) is 27.6. The summed E-state index contributed by atoms with van der Waals surface area (Å²) in [6, 6.07) is 39.2. The Morgan fingerprint density at radius 3 is 1.62 bits per heavy atom. The van der Waals surface area contributed by atoms with Crippen molar-refractivity contribution in [3.63, 3.8) is 0 Å². The Bertz CT molecular complexity index is 1620. The minimum Gasteiger partial charge on any atom is -0.390 e. The lowest BCUT2D eigenvalue weighted by atomic mass is 9.58. The van der Waals surface area contributed by atoms with Crippen molar-refractivity contribution in [2.45, 2.75) is 57.6 Å². The molecule has 4 aromatic carbocycles. The standard InChI is InChI=1S/C39H46O8S/c1-38(29-44-25-32-17-9-4-10-18-32)35(28-43-24-31-15-7-3-8-16-31)39(30-47-48(2,41)42,46-27-34-21-13-6-14-22-34)36(40)23-37(38)45-26-33-19-11-5-12-20-33/h3-22,35-37,40H,23-30H2,1-2H3/t35-,36-,37+,38+,39-/m1/s1. The molecule has 1 saturated carbocycles. The lowest BCUT2D eigenvalue weighted by Gasteiger charge is -2.57. The fourth-order valence-electron chi connectivity index (χ4n) is 6.50. The van der Waals surface area contributed by atoms with Gasteiger partial charge in [-0.15, -0.1) is 0 Å². The molecule has 0 saturated heterocycles. The Hall–Kier alpha value is -3.41. The Labute approximate surface area is 284 Å². The first-order valence-electron chi connectivity index (χ1n) is 16.3. The van der Waals surface area contributed by atoms with Crippen LogP contribution in [0.3, 0.4) is 0 Å². The maximum atomic E-state index is 12.5. The van der Waals surface area contributed by atoms with E-state index >= 15 is 0 Å². The first kappa shape index (κ1) is 35.9. The summed E-state index contributed by atoms with van der Waals surface area (Å²) in [5.41, 5.74) is 1.55. The number of hydrogen-bond donors (Lipinski definition) is 1. The van der Waals surface area contributed by atoms with Crippen LogP contribution in [0, 0.1) is 11.3 Å². The summed E-state index contributed by atoms with van der Waals surface area (Å²) in [5.74, 6) is -0.625. The van der Waals surface area contributed by atoms with Crippen molar-refractivity contribution in [1.82, 2.24) is 0 Å². The number of rotatable bonds is 17. The summed E-state index contributed by atoms with van der Waals surface area (Å²) in [7, 11) is -3.90. The molecule has 5 rings (SSSR count). The molecule has 0 radical (unpaired) electrons. The molecule has 0 bridgehead atoms. The van der Waals surface area contributed by atoms with Gasteiger partial charge < -0.3 is 24.1 Å². The summed E-state index contributed by atoms with van der Waals surface area (Å²) in [6.07, 6.45) is -0.492. The predicted molar refractivity (Wildman–Crippen MR) is 184 cm³/mol. The number of aliphatic hydroxyl groups excluding tert-OH is 1. The predicted octanol–water partition coefficient (Wildman–Crippen LogP) is 6.32. The van der Waals surface area contributed by atoms with E-state index in [-0.39, 0.29) is 26.2 Å². The molecular formula is C39H46O8S. The highest BCUT2D eigenvalue weighted by Crippen LogP contribution is 2.51. The molecule has 1 aliphatic carbocycles. The minimum atomic E-state index is -3.90. The molecule has 1 fully saturated rings. The van der Waals surface area contributed by atoms with Gasteiger partial charge in [0, 0.05) is 17.8 Å². The van der Waals surface area contributed by atoms with Crippen LogP contribution in [0.15, 0.2) is 121 Å². The van der Waals surface area contributed by atoms with E-state index in [1.165, 1.54) is 0 Å². The maximum Gasteiger partial charge on any atom is 0.264 e. The second-order valence-electron chi connectivity index (χ2n) is 12.8. The van der Waals surface area contributed by atoms with E-state index in [1.54, 1.807) is 0 Å². The molecule has 5 atom stereocenters. The average molecular weight is 675 g/mol. The van der Waals surface area contributed by atoms with E-state index in [0.717, 1.165) is 28.5 Å². The lowest BCUT2D eigenvalue weighted by molar-refractivity contribution is -0.278. The Kier molecular flexibility index (Phi) is 12.6. The third kappa shape index (κ3) is 9.60. The van der Waals surface area contributed by atoms with Gasteiger partial charge >= 0.3 is 0 Å². The first-order chi connectivity index (χ1) is 23.2. The summed E-state index contributed by atoms with van der Waals surface area (Å²) in [4.78, 5) is 0. The Morgan fingerprint density at radius 1 is 0.667 bits per heavy atom. The van der Waals surface area contributed by atoms with Crippen molar-refractivity contribution in [2.75, 3.05) is 26.1 Å². The van der Waals surface area contributed by atoms with Crippen LogP contribution in [0.25, 0.3) is 0 Å². The number of benzene rings is 4.